The smallest absolute Gasteiger partial charge is 0.309 e. The molecule has 0 unspecified atom stereocenters. The summed E-state index contributed by atoms with van der Waals surface area (Å²) in [7, 11) is 0. The van der Waals surface area contributed by atoms with E-state index in [0.29, 0.717) is 6.54 Å². The van der Waals surface area contributed by atoms with Crippen LogP contribution < -0.4 is 5.32 Å². The van der Waals surface area contributed by atoms with E-state index in [4.69, 9.17) is 0 Å². The van der Waals surface area contributed by atoms with Crippen LogP contribution in [0.25, 0.3) is 0 Å². The third-order valence-corrected chi connectivity index (χ3v) is 1.72. The van der Waals surface area contributed by atoms with Crippen LogP contribution in [0.4, 0.5) is 13.2 Å². The maximum atomic E-state index is 11.5. The average Bonchev–Trinajstić information content (AvgIpc) is 1.85. The lowest BCUT2D eigenvalue weighted by molar-refractivity contribution is -0.124. The minimum Gasteiger partial charge on any atom is -0.309 e. The zero-order chi connectivity index (χ0) is 8.74. The lowest BCUT2D eigenvalue weighted by atomic mass is 10.4. The van der Waals surface area contributed by atoms with E-state index in [1.54, 1.807) is 11.8 Å². The normalized spacial score (nSPS) is 12.0. The molecule has 0 aliphatic rings. The molecule has 0 atom stereocenters. The number of hydrogen-bond acceptors (Lipinski definition) is 2. The van der Waals surface area contributed by atoms with Crippen molar-refractivity contribution in [2.75, 3.05) is 25.1 Å². The second-order valence-corrected chi connectivity index (χ2v) is 3.12. The summed E-state index contributed by atoms with van der Waals surface area (Å²) in [6.45, 7) is -0.429. The van der Waals surface area contributed by atoms with Gasteiger partial charge in [0.2, 0.25) is 0 Å². The number of nitrogens with one attached hydrogen (secondary N) is 1. The first-order chi connectivity index (χ1) is 5.06. The quantitative estimate of drug-likeness (QED) is 0.660. The molecule has 0 radical (unpaired) electrons. The summed E-state index contributed by atoms with van der Waals surface area (Å²) in [5, 5.41) is 2.32. The fraction of sp³-hybridized carbons (Fsp3) is 1.00. The van der Waals surface area contributed by atoms with Crippen molar-refractivity contribution in [2.45, 2.75) is 12.6 Å². The van der Waals surface area contributed by atoms with Crippen LogP contribution in [-0.2, 0) is 0 Å². The van der Waals surface area contributed by atoms with E-state index in [-0.39, 0.29) is 0 Å². The van der Waals surface area contributed by atoms with Gasteiger partial charge in [-0.1, -0.05) is 0 Å². The van der Waals surface area contributed by atoms with Gasteiger partial charge in [0.15, 0.2) is 0 Å². The largest absolute Gasteiger partial charge is 0.401 e. The van der Waals surface area contributed by atoms with E-state index in [0.717, 1.165) is 12.2 Å². The van der Waals surface area contributed by atoms with Crippen molar-refractivity contribution >= 4 is 11.8 Å². The molecule has 5 heteroatoms. The summed E-state index contributed by atoms with van der Waals surface area (Å²) in [5.74, 6) is 0.908. The predicted molar refractivity (Wildman–Crippen MR) is 41.9 cm³/mol. The Balaban J connectivity index is 3.02. The molecule has 1 N–H and O–H groups in total. The fourth-order valence-electron chi connectivity index (χ4n) is 0.572. The van der Waals surface area contributed by atoms with Crippen LogP contribution in [0.15, 0.2) is 0 Å². The van der Waals surface area contributed by atoms with Gasteiger partial charge in [-0.25, -0.2) is 0 Å². The minimum atomic E-state index is -4.07. The van der Waals surface area contributed by atoms with Crippen molar-refractivity contribution in [1.82, 2.24) is 5.32 Å². The molecule has 0 spiro atoms. The second-order valence-electron chi connectivity index (χ2n) is 2.14. The van der Waals surface area contributed by atoms with Crippen LogP contribution in [-0.4, -0.2) is 31.3 Å². The Kier molecular flexibility index (Phi) is 5.76. The highest BCUT2D eigenvalue weighted by molar-refractivity contribution is 7.98. The summed E-state index contributed by atoms with van der Waals surface area (Å²) >= 11 is 1.64. The first kappa shape index (κ1) is 11.1. The molecule has 0 heterocycles. The van der Waals surface area contributed by atoms with Crippen molar-refractivity contribution < 1.29 is 13.2 Å². The van der Waals surface area contributed by atoms with Gasteiger partial charge in [0.05, 0.1) is 6.54 Å². The van der Waals surface area contributed by atoms with Crippen LogP contribution >= 0.6 is 11.8 Å². The molecule has 0 amide bonds. The highest BCUT2D eigenvalue weighted by Gasteiger charge is 2.25. The van der Waals surface area contributed by atoms with E-state index < -0.39 is 12.7 Å². The van der Waals surface area contributed by atoms with Gasteiger partial charge in [-0.2, -0.15) is 24.9 Å². The van der Waals surface area contributed by atoms with E-state index >= 15 is 0 Å². The fourth-order valence-corrected chi connectivity index (χ4v) is 1.00. The Morgan fingerprint density at radius 1 is 1.36 bits per heavy atom. The van der Waals surface area contributed by atoms with E-state index in [9.17, 15) is 13.2 Å². The van der Waals surface area contributed by atoms with Gasteiger partial charge in [-0.3, -0.25) is 0 Å². The molecule has 0 saturated carbocycles. The lowest BCUT2D eigenvalue weighted by Crippen LogP contribution is -2.29. The maximum Gasteiger partial charge on any atom is 0.401 e. The summed E-state index contributed by atoms with van der Waals surface area (Å²) in [5.41, 5.74) is 0. The summed E-state index contributed by atoms with van der Waals surface area (Å²) < 4.78 is 34.5. The van der Waals surface area contributed by atoms with Crippen molar-refractivity contribution in [1.29, 1.82) is 0 Å². The van der Waals surface area contributed by atoms with Crippen LogP contribution in [0, 0.1) is 0 Å². The molecule has 1 nitrogen and oxygen atoms in total. The summed E-state index contributed by atoms with van der Waals surface area (Å²) in [4.78, 5) is 0. The van der Waals surface area contributed by atoms with Gasteiger partial charge in [-0.05, 0) is 25.0 Å². The van der Waals surface area contributed by atoms with E-state index in [1.807, 2.05) is 6.26 Å². The predicted octanol–water partition coefficient (Wildman–Crippen LogP) is 1.89. The molecule has 0 aromatic rings. The molecule has 0 aromatic carbocycles. The first-order valence-corrected chi connectivity index (χ1v) is 4.72. The lowest BCUT2D eigenvalue weighted by Gasteiger charge is -2.06. The van der Waals surface area contributed by atoms with Crippen molar-refractivity contribution in [3.8, 4) is 0 Å². The molecular formula is C6H12F3NS. The zero-order valence-electron chi connectivity index (χ0n) is 6.37. The topological polar surface area (TPSA) is 12.0 Å². The van der Waals surface area contributed by atoms with Crippen LogP contribution in [0.2, 0.25) is 0 Å². The standard InChI is InChI=1S/C6H12F3NS/c1-11-4-2-3-10-5-6(7,8)9/h10H,2-5H2,1H3. The Morgan fingerprint density at radius 3 is 2.45 bits per heavy atom. The average molecular weight is 187 g/mol. The summed E-state index contributed by atoms with van der Waals surface area (Å²) in [6.07, 6.45) is -1.35. The van der Waals surface area contributed by atoms with Crippen LogP contribution in [0.5, 0.6) is 0 Å². The Hall–Kier alpha value is 0.100. The first-order valence-electron chi connectivity index (χ1n) is 3.32. The molecule has 11 heavy (non-hydrogen) atoms. The number of rotatable bonds is 5. The number of thioether (sulfide) groups is 1. The Bertz CT molecular complexity index is 94.3. The third-order valence-electron chi connectivity index (χ3n) is 1.03. The van der Waals surface area contributed by atoms with Crippen molar-refractivity contribution in [3.05, 3.63) is 0 Å². The summed E-state index contributed by atoms with van der Waals surface area (Å²) in [6, 6.07) is 0. The minimum absolute atomic E-state index is 0.445. The maximum absolute atomic E-state index is 11.5. The number of hydrogen-bond donors (Lipinski definition) is 1. The Morgan fingerprint density at radius 2 is 2.00 bits per heavy atom. The highest BCUT2D eigenvalue weighted by atomic mass is 32.2. The van der Waals surface area contributed by atoms with Gasteiger partial charge >= 0.3 is 6.18 Å². The molecule has 0 bridgehead atoms. The zero-order valence-corrected chi connectivity index (χ0v) is 7.19. The van der Waals surface area contributed by atoms with E-state index in [1.165, 1.54) is 0 Å². The molecule has 0 fully saturated rings. The number of halogens is 3. The van der Waals surface area contributed by atoms with Crippen molar-refractivity contribution in [3.63, 3.8) is 0 Å². The highest BCUT2D eigenvalue weighted by Crippen LogP contribution is 2.11. The molecule has 0 aromatic heterocycles. The van der Waals surface area contributed by atoms with Gasteiger partial charge in [0.1, 0.15) is 0 Å². The molecule has 0 saturated heterocycles. The monoisotopic (exact) mass is 187 g/mol. The molecule has 0 rings (SSSR count). The van der Waals surface area contributed by atoms with E-state index in [2.05, 4.69) is 5.32 Å². The van der Waals surface area contributed by atoms with Gasteiger partial charge in [0.25, 0.3) is 0 Å². The van der Waals surface area contributed by atoms with Gasteiger partial charge in [0, 0.05) is 0 Å². The number of alkyl halides is 3. The molecule has 68 valence electrons. The van der Waals surface area contributed by atoms with Gasteiger partial charge < -0.3 is 5.32 Å². The van der Waals surface area contributed by atoms with Crippen LogP contribution in [0.1, 0.15) is 6.42 Å². The molecule has 0 aliphatic heterocycles. The molecular weight excluding hydrogens is 175 g/mol. The Labute approximate surface area is 68.7 Å². The SMILES string of the molecule is CSCCCNCC(F)(F)F. The van der Waals surface area contributed by atoms with Gasteiger partial charge in [-0.15, -0.1) is 0 Å². The van der Waals surface area contributed by atoms with Crippen LogP contribution in [0.3, 0.4) is 0 Å². The van der Waals surface area contributed by atoms with Crippen molar-refractivity contribution in [2.24, 2.45) is 0 Å². The second kappa shape index (κ2) is 5.71. The third kappa shape index (κ3) is 10.1. The molecule has 0 aliphatic carbocycles.